The van der Waals surface area contributed by atoms with Crippen molar-refractivity contribution >= 4 is 5.78 Å². The van der Waals surface area contributed by atoms with Crippen molar-refractivity contribution < 1.29 is 31.1 Å². The molecule has 0 spiro atoms. The Labute approximate surface area is 75.1 Å². The lowest BCUT2D eigenvalue weighted by atomic mass is 9.98. The minimum absolute atomic E-state index is 0.771. The molecule has 2 nitrogen and oxygen atoms in total. The van der Waals surface area contributed by atoms with E-state index in [4.69, 9.17) is 0 Å². The van der Waals surface area contributed by atoms with E-state index in [1.165, 1.54) is 0 Å². The number of alkyl halides is 6. The Kier molecular flexibility index (Phi) is 3.54. The maximum Gasteiger partial charge on any atom is 0.407 e. The molecular weight excluding hydrogens is 216 g/mol. The van der Waals surface area contributed by atoms with Crippen molar-refractivity contribution in [2.45, 2.75) is 25.3 Å². The second kappa shape index (κ2) is 3.76. The van der Waals surface area contributed by atoms with Gasteiger partial charge in [0.05, 0.1) is 6.04 Å². The summed E-state index contributed by atoms with van der Waals surface area (Å²) in [5.74, 6) is -6.07. The summed E-state index contributed by atoms with van der Waals surface area (Å²) in [4.78, 5) is 10.6. The lowest BCUT2D eigenvalue weighted by molar-refractivity contribution is -0.273. The van der Waals surface area contributed by atoms with Crippen LogP contribution in [-0.4, -0.2) is 24.2 Å². The third-order valence-electron chi connectivity index (χ3n) is 1.39. The van der Waals surface area contributed by atoms with Gasteiger partial charge in [-0.25, -0.2) is 0 Å². The van der Waals surface area contributed by atoms with Gasteiger partial charge in [0.1, 0.15) is 0 Å². The average Bonchev–Trinajstić information content (AvgIpc) is 1.79. The number of nitrogens with two attached hydrogens (primary N) is 1. The smallest absolute Gasteiger partial charge is 0.322 e. The highest BCUT2D eigenvalue weighted by Crippen LogP contribution is 2.40. The zero-order valence-corrected chi connectivity index (χ0v) is 6.91. The minimum atomic E-state index is -5.65. The lowest BCUT2D eigenvalue weighted by Crippen LogP contribution is -2.48. The summed E-state index contributed by atoms with van der Waals surface area (Å²) in [5, 5.41) is 0. The van der Waals surface area contributed by atoms with Crippen LogP contribution >= 0.6 is 0 Å². The molecule has 0 saturated carbocycles. The molecule has 1 atom stereocenters. The van der Waals surface area contributed by atoms with Crippen molar-refractivity contribution in [3.05, 3.63) is 0 Å². The molecule has 0 rings (SSSR count). The number of hydrogen-bond acceptors (Lipinski definition) is 2. The van der Waals surface area contributed by atoms with Crippen molar-refractivity contribution in [3.8, 4) is 0 Å². The molecule has 0 aromatic carbocycles. The molecule has 84 valence electrons. The van der Waals surface area contributed by atoms with Crippen LogP contribution in [-0.2, 0) is 4.79 Å². The monoisotopic (exact) mass is 223 g/mol. The molecule has 0 aliphatic heterocycles. The highest BCUT2D eigenvalue weighted by molar-refractivity contribution is 5.87. The normalized spacial score (nSPS) is 15.8. The fourth-order valence-corrected chi connectivity index (χ4v) is 0.771. The van der Waals surface area contributed by atoms with Crippen LogP contribution in [0, 0.1) is 5.92 Å². The van der Waals surface area contributed by atoms with E-state index < -0.39 is 30.1 Å². The van der Waals surface area contributed by atoms with Gasteiger partial charge in [-0.1, -0.05) is 0 Å². The predicted octanol–water partition coefficient (Wildman–Crippen LogP) is 1.64. The second-order valence-corrected chi connectivity index (χ2v) is 2.71. The van der Waals surface area contributed by atoms with E-state index in [2.05, 4.69) is 5.73 Å². The molecule has 1 unspecified atom stereocenters. The van der Waals surface area contributed by atoms with Gasteiger partial charge >= 0.3 is 12.4 Å². The molecule has 0 amide bonds. The maximum atomic E-state index is 11.8. The quantitative estimate of drug-likeness (QED) is 0.723. The van der Waals surface area contributed by atoms with E-state index >= 15 is 0 Å². The molecule has 0 aromatic rings. The van der Waals surface area contributed by atoms with E-state index in [0.717, 1.165) is 6.92 Å². The summed E-state index contributed by atoms with van der Waals surface area (Å²) < 4.78 is 71.0. The Hall–Kier alpha value is -0.790. The van der Waals surface area contributed by atoms with Crippen molar-refractivity contribution in [3.63, 3.8) is 0 Å². The summed E-state index contributed by atoms with van der Waals surface area (Å²) >= 11 is 0. The van der Waals surface area contributed by atoms with Crippen LogP contribution < -0.4 is 5.73 Å². The first kappa shape index (κ1) is 13.2. The highest BCUT2D eigenvalue weighted by atomic mass is 19.4. The Balaban J connectivity index is 5.05. The molecule has 14 heavy (non-hydrogen) atoms. The summed E-state index contributed by atoms with van der Waals surface area (Å²) in [6.45, 7) is 0.771. The van der Waals surface area contributed by atoms with Crippen LogP contribution in [0.1, 0.15) is 6.92 Å². The van der Waals surface area contributed by atoms with Crippen molar-refractivity contribution in [2.24, 2.45) is 11.7 Å². The molecule has 0 saturated heterocycles. The van der Waals surface area contributed by atoms with Gasteiger partial charge in [-0.05, 0) is 6.92 Å². The van der Waals surface area contributed by atoms with Gasteiger partial charge in [0.15, 0.2) is 5.78 Å². The topological polar surface area (TPSA) is 43.1 Å². The summed E-state index contributed by atoms with van der Waals surface area (Å²) in [7, 11) is 0. The van der Waals surface area contributed by atoms with Crippen LogP contribution in [0.4, 0.5) is 26.3 Å². The van der Waals surface area contributed by atoms with E-state index in [0.29, 0.717) is 0 Å². The minimum Gasteiger partial charge on any atom is -0.322 e. The number of carbonyl (C=O) groups excluding carboxylic acids is 1. The van der Waals surface area contributed by atoms with Crippen molar-refractivity contribution in [1.82, 2.24) is 0 Å². The molecule has 8 heteroatoms. The first-order valence-electron chi connectivity index (χ1n) is 3.40. The number of ketones is 1. The first-order valence-corrected chi connectivity index (χ1v) is 3.40. The van der Waals surface area contributed by atoms with E-state index in [1.807, 2.05) is 0 Å². The molecule has 0 bridgehead atoms. The molecule has 2 N–H and O–H groups in total. The number of hydrogen-bond donors (Lipinski definition) is 1. The van der Waals surface area contributed by atoms with Crippen LogP contribution in [0.2, 0.25) is 0 Å². The largest absolute Gasteiger partial charge is 0.407 e. The van der Waals surface area contributed by atoms with E-state index in [-0.39, 0.29) is 0 Å². The van der Waals surface area contributed by atoms with Crippen LogP contribution in [0.25, 0.3) is 0 Å². The number of halogens is 6. The van der Waals surface area contributed by atoms with Gasteiger partial charge in [0, 0.05) is 0 Å². The Morgan fingerprint density at radius 1 is 1.07 bits per heavy atom. The van der Waals surface area contributed by atoms with Gasteiger partial charge in [-0.2, -0.15) is 26.3 Å². The molecule has 0 fully saturated rings. The first-order chi connectivity index (χ1) is 5.98. The van der Waals surface area contributed by atoms with Gasteiger partial charge in [-0.3, -0.25) is 4.79 Å². The standard InChI is InChI=1S/C6H7F6NO/c1-2(13)3(14)4(5(7,8)9)6(10,11)12/h2,4H,13H2,1H3. The third kappa shape index (κ3) is 3.17. The number of rotatable bonds is 2. The third-order valence-corrected chi connectivity index (χ3v) is 1.39. The van der Waals surface area contributed by atoms with Crippen LogP contribution in [0.3, 0.4) is 0 Å². The van der Waals surface area contributed by atoms with E-state index in [1.54, 1.807) is 0 Å². The molecule has 0 radical (unpaired) electrons. The predicted molar refractivity (Wildman–Crippen MR) is 34.3 cm³/mol. The zero-order chi connectivity index (χ0) is 11.7. The SMILES string of the molecule is CC(N)C(=O)C(C(F)(F)F)C(F)(F)F. The maximum absolute atomic E-state index is 11.8. The summed E-state index contributed by atoms with van der Waals surface area (Å²) in [6, 6.07) is -1.80. The molecule has 0 heterocycles. The molecule has 0 aliphatic carbocycles. The van der Waals surface area contributed by atoms with Crippen LogP contribution in [0.5, 0.6) is 0 Å². The Morgan fingerprint density at radius 3 is 1.43 bits per heavy atom. The number of carbonyl (C=O) groups is 1. The Morgan fingerprint density at radius 2 is 1.36 bits per heavy atom. The molecule has 0 aliphatic rings. The number of Topliss-reactive ketones (excluding diaryl/α,β-unsaturated/α-hetero) is 1. The van der Waals surface area contributed by atoms with Crippen molar-refractivity contribution in [2.75, 3.05) is 0 Å². The lowest BCUT2D eigenvalue weighted by Gasteiger charge is -2.22. The second-order valence-electron chi connectivity index (χ2n) is 2.71. The van der Waals surface area contributed by atoms with Gasteiger partial charge in [0.25, 0.3) is 0 Å². The van der Waals surface area contributed by atoms with Crippen molar-refractivity contribution in [1.29, 1.82) is 0 Å². The average molecular weight is 223 g/mol. The summed E-state index contributed by atoms with van der Waals surface area (Å²) in [6.07, 6.45) is -11.3. The zero-order valence-electron chi connectivity index (χ0n) is 6.91. The molecule has 0 aromatic heterocycles. The van der Waals surface area contributed by atoms with Gasteiger partial charge < -0.3 is 5.73 Å². The highest BCUT2D eigenvalue weighted by Gasteiger charge is 2.61. The van der Waals surface area contributed by atoms with Gasteiger partial charge in [-0.15, -0.1) is 0 Å². The van der Waals surface area contributed by atoms with Gasteiger partial charge in [0.2, 0.25) is 5.92 Å². The van der Waals surface area contributed by atoms with Crippen LogP contribution in [0.15, 0.2) is 0 Å². The fourth-order valence-electron chi connectivity index (χ4n) is 0.771. The molecular formula is C6H7F6NO. The van der Waals surface area contributed by atoms with E-state index in [9.17, 15) is 31.1 Å². The fraction of sp³-hybridized carbons (Fsp3) is 0.833. The summed E-state index contributed by atoms with van der Waals surface area (Å²) in [5.41, 5.74) is 4.68. The Bertz CT molecular complexity index is 203.